The Bertz CT molecular complexity index is 938. The highest BCUT2D eigenvalue weighted by Crippen LogP contribution is 2.29. The first-order valence-electron chi connectivity index (χ1n) is 9.04. The minimum absolute atomic E-state index is 0.107. The lowest BCUT2D eigenvalue weighted by atomic mass is 10.1. The second kappa shape index (κ2) is 9.37. The van der Waals surface area contributed by atoms with Gasteiger partial charge in [0, 0.05) is 0 Å². The van der Waals surface area contributed by atoms with Crippen molar-refractivity contribution in [3.8, 4) is 11.5 Å². The quantitative estimate of drug-likeness (QED) is 0.655. The summed E-state index contributed by atoms with van der Waals surface area (Å²) in [6.07, 6.45) is 0.237. The molecule has 0 fully saturated rings. The Balaban J connectivity index is 1.55. The Morgan fingerprint density at radius 2 is 1.50 bits per heavy atom. The standard InChI is InChI=1S/C23H22N2O3/c1-17-11-13-19(14-12-17)28-21-10-6-5-9-20(21)25-23(27)16-24-22(26)15-18-7-3-2-4-8-18/h2-14H,15-16H2,1H3,(H,24,26)(H,25,27). The van der Waals surface area contributed by atoms with Crippen molar-refractivity contribution in [2.45, 2.75) is 13.3 Å². The molecule has 2 N–H and O–H groups in total. The molecular formula is C23H22N2O3. The molecule has 142 valence electrons. The first kappa shape index (κ1) is 19.2. The minimum Gasteiger partial charge on any atom is -0.455 e. The van der Waals surface area contributed by atoms with Gasteiger partial charge in [0.2, 0.25) is 11.8 Å². The van der Waals surface area contributed by atoms with Crippen molar-refractivity contribution < 1.29 is 14.3 Å². The minimum atomic E-state index is -0.318. The predicted octanol–water partition coefficient (Wildman–Crippen LogP) is 4.08. The van der Waals surface area contributed by atoms with E-state index in [9.17, 15) is 9.59 Å². The van der Waals surface area contributed by atoms with Crippen LogP contribution < -0.4 is 15.4 Å². The maximum atomic E-state index is 12.2. The third-order valence-corrected chi connectivity index (χ3v) is 4.06. The van der Waals surface area contributed by atoms with E-state index in [1.807, 2.05) is 73.7 Å². The number of carbonyl (C=O) groups is 2. The summed E-state index contributed by atoms with van der Waals surface area (Å²) in [4.78, 5) is 24.2. The third kappa shape index (κ3) is 5.71. The molecule has 0 aliphatic rings. The number of ether oxygens (including phenoxy) is 1. The maximum Gasteiger partial charge on any atom is 0.243 e. The molecule has 0 aliphatic carbocycles. The average molecular weight is 374 g/mol. The summed E-state index contributed by atoms with van der Waals surface area (Å²) in [6.45, 7) is 1.90. The van der Waals surface area contributed by atoms with Crippen molar-refractivity contribution >= 4 is 17.5 Å². The van der Waals surface area contributed by atoms with E-state index < -0.39 is 0 Å². The molecule has 0 unspecified atom stereocenters. The molecule has 0 atom stereocenters. The lowest BCUT2D eigenvalue weighted by Crippen LogP contribution is -2.33. The summed E-state index contributed by atoms with van der Waals surface area (Å²) in [5.74, 6) is 0.700. The van der Waals surface area contributed by atoms with Crippen LogP contribution in [0.2, 0.25) is 0 Å². The molecule has 0 spiro atoms. The zero-order chi connectivity index (χ0) is 19.8. The van der Waals surface area contributed by atoms with Gasteiger partial charge < -0.3 is 15.4 Å². The SMILES string of the molecule is Cc1ccc(Oc2ccccc2NC(=O)CNC(=O)Cc2ccccc2)cc1. The van der Waals surface area contributed by atoms with E-state index in [4.69, 9.17) is 4.74 Å². The van der Waals surface area contributed by atoms with Gasteiger partial charge in [-0.2, -0.15) is 0 Å². The van der Waals surface area contributed by atoms with Gasteiger partial charge in [0.05, 0.1) is 18.7 Å². The predicted molar refractivity (Wildman–Crippen MR) is 109 cm³/mol. The van der Waals surface area contributed by atoms with E-state index in [1.54, 1.807) is 12.1 Å². The highest BCUT2D eigenvalue weighted by molar-refractivity contribution is 5.95. The highest BCUT2D eigenvalue weighted by Gasteiger charge is 2.10. The van der Waals surface area contributed by atoms with E-state index in [2.05, 4.69) is 10.6 Å². The van der Waals surface area contributed by atoms with E-state index in [1.165, 1.54) is 0 Å². The van der Waals surface area contributed by atoms with Crippen LogP contribution in [0.3, 0.4) is 0 Å². The number of nitrogens with one attached hydrogen (secondary N) is 2. The van der Waals surface area contributed by atoms with Crippen molar-refractivity contribution in [1.82, 2.24) is 5.32 Å². The van der Waals surface area contributed by atoms with Gasteiger partial charge in [-0.1, -0.05) is 60.2 Å². The van der Waals surface area contributed by atoms with Crippen molar-refractivity contribution in [3.63, 3.8) is 0 Å². The fourth-order valence-corrected chi connectivity index (χ4v) is 2.61. The van der Waals surface area contributed by atoms with Gasteiger partial charge in [-0.3, -0.25) is 9.59 Å². The topological polar surface area (TPSA) is 67.4 Å². The summed E-state index contributed by atoms with van der Waals surface area (Å²) in [7, 11) is 0. The van der Waals surface area contributed by atoms with Crippen LogP contribution >= 0.6 is 0 Å². The summed E-state index contributed by atoms with van der Waals surface area (Å²) < 4.78 is 5.87. The Kier molecular flexibility index (Phi) is 6.41. The van der Waals surface area contributed by atoms with Crippen LogP contribution in [0.15, 0.2) is 78.9 Å². The number of amides is 2. The van der Waals surface area contributed by atoms with Gasteiger partial charge >= 0.3 is 0 Å². The van der Waals surface area contributed by atoms with E-state index in [0.29, 0.717) is 17.2 Å². The fraction of sp³-hybridized carbons (Fsp3) is 0.130. The number of benzene rings is 3. The fourth-order valence-electron chi connectivity index (χ4n) is 2.61. The zero-order valence-corrected chi connectivity index (χ0v) is 15.6. The summed E-state index contributed by atoms with van der Waals surface area (Å²) in [5, 5.41) is 5.42. The van der Waals surface area contributed by atoms with Crippen LogP contribution in [0.5, 0.6) is 11.5 Å². The number of hydrogen-bond acceptors (Lipinski definition) is 3. The molecule has 28 heavy (non-hydrogen) atoms. The van der Waals surface area contributed by atoms with Gasteiger partial charge in [-0.15, -0.1) is 0 Å². The third-order valence-electron chi connectivity index (χ3n) is 4.06. The largest absolute Gasteiger partial charge is 0.455 e. The molecule has 3 rings (SSSR count). The molecule has 0 saturated carbocycles. The van der Waals surface area contributed by atoms with E-state index >= 15 is 0 Å². The van der Waals surface area contributed by atoms with Crippen molar-refractivity contribution in [2.24, 2.45) is 0 Å². The van der Waals surface area contributed by atoms with Crippen molar-refractivity contribution in [3.05, 3.63) is 90.0 Å². The second-order valence-electron chi connectivity index (χ2n) is 6.40. The summed E-state index contributed by atoms with van der Waals surface area (Å²) in [6, 6.07) is 24.2. The molecule has 0 aromatic heterocycles. The second-order valence-corrected chi connectivity index (χ2v) is 6.40. The number of hydrogen-bond donors (Lipinski definition) is 2. The van der Waals surface area contributed by atoms with Crippen LogP contribution in [0.4, 0.5) is 5.69 Å². The van der Waals surface area contributed by atoms with E-state index in [-0.39, 0.29) is 24.8 Å². The van der Waals surface area contributed by atoms with Gasteiger partial charge in [-0.25, -0.2) is 0 Å². The maximum absolute atomic E-state index is 12.2. The number of anilines is 1. The Morgan fingerprint density at radius 3 is 2.25 bits per heavy atom. The monoisotopic (exact) mass is 374 g/mol. The van der Waals surface area contributed by atoms with Crippen LogP contribution in [0, 0.1) is 6.92 Å². The molecule has 0 saturated heterocycles. The van der Waals surface area contributed by atoms with Gasteiger partial charge in [-0.05, 0) is 36.8 Å². The Morgan fingerprint density at radius 1 is 0.821 bits per heavy atom. The molecule has 0 bridgehead atoms. The average Bonchev–Trinajstić information content (AvgIpc) is 2.70. The van der Waals surface area contributed by atoms with Crippen LogP contribution in [-0.2, 0) is 16.0 Å². The lowest BCUT2D eigenvalue weighted by molar-refractivity contribution is -0.123. The lowest BCUT2D eigenvalue weighted by Gasteiger charge is -2.13. The molecule has 3 aromatic rings. The normalized spacial score (nSPS) is 10.2. The summed E-state index contributed by atoms with van der Waals surface area (Å²) >= 11 is 0. The molecule has 5 heteroatoms. The molecule has 0 radical (unpaired) electrons. The highest BCUT2D eigenvalue weighted by atomic mass is 16.5. The van der Waals surface area contributed by atoms with Gasteiger partial charge in [0.1, 0.15) is 5.75 Å². The van der Waals surface area contributed by atoms with Crippen LogP contribution in [0.1, 0.15) is 11.1 Å². The van der Waals surface area contributed by atoms with Gasteiger partial charge in [0.15, 0.2) is 5.75 Å². The Labute approximate surface area is 164 Å². The summed E-state index contributed by atoms with van der Waals surface area (Å²) in [5.41, 5.74) is 2.59. The Hall–Kier alpha value is -3.60. The first-order chi connectivity index (χ1) is 13.6. The van der Waals surface area contributed by atoms with Crippen molar-refractivity contribution in [2.75, 3.05) is 11.9 Å². The number of carbonyl (C=O) groups excluding carboxylic acids is 2. The van der Waals surface area contributed by atoms with E-state index in [0.717, 1.165) is 11.1 Å². The molecule has 5 nitrogen and oxygen atoms in total. The molecule has 0 aliphatic heterocycles. The van der Waals surface area contributed by atoms with Crippen molar-refractivity contribution in [1.29, 1.82) is 0 Å². The molecule has 2 amide bonds. The molecule has 0 heterocycles. The number of aryl methyl sites for hydroxylation is 1. The number of rotatable bonds is 7. The van der Waals surface area contributed by atoms with Crippen LogP contribution in [-0.4, -0.2) is 18.4 Å². The first-order valence-corrected chi connectivity index (χ1v) is 9.04. The van der Waals surface area contributed by atoms with Gasteiger partial charge in [0.25, 0.3) is 0 Å². The smallest absolute Gasteiger partial charge is 0.243 e. The molecule has 3 aromatic carbocycles. The zero-order valence-electron chi connectivity index (χ0n) is 15.6. The number of para-hydroxylation sites is 2. The van der Waals surface area contributed by atoms with Crippen LogP contribution in [0.25, 0.3) is 0 Å². The molecular weight excluding hydrogens is 352 g/mol.